The molecule has 20 heavy (non-hydrogen) atoms. The molecule has 106 valence electrons. The summed E-state index contributed by atoms with van der Waals surface area (Å²) in [6, 6.07) is 10.4. The fourth-order valence-electron chi connectivity index (χ4n) is 1.81. The molecule has 4 nitrogen and oxygen atoms in total. The van der Waals surface area contributed by atoms with Crippen LogP contribution in [-0.4, -0.2) is 16.6 Å². The number of nitrogens with zero attached hydrogens (tertiary/aromatic N) is 2. The fourth-order valence-corrected chi connectivity index (χ4v) is 1.81. The minimum atomic E-state index is 0.616. The molecule has 0 radical (unpaired) electrons. The number of aromatic nitrogens is 2. The van der Waals surface area contributed by atoms with E-state index in [0.717, 1.165) is 25.2 Å². The minimum Gasteiger partial charge on any atom is -0.478 e. The molecule has 2 rings (SSSR count). The van der Waals surface area contributed by atoms with E-state index < -0.39 is 0 Å². The molecule has 0 unspecified atom stereocenters. The van der Waals surface area contributed by atoms with E-state index in [4.69, 9.17) is 4.74 Å². The molecular formula is C16H21N3O. The van der Waals surface area contributed by atoms with Gasteiger partial charge in [-0.15, -0.1) is 0 Å². The van der Waals surface area contributed by atoms with Crippen molar-refractivity contribution in [1.82, 2.24) is 9.97 Å². The highest BCUT2D eigenvalue weighted by Crippen LogP contribution is 2.13. The van der Waals surface area contributed by atoms with Crippen molar-refractivity contribution in [2.45, 2.75) is 33.2 Å². The van der Waals surface area contributed by atoms with Gasteiger partial charge >= 0.3 is 0 Å². The molecular weight excluding hydrogens is 250 g/mol. The van der Waals surface area contributed by atoms with Crippen LogP contribution in [0.5, 0.6) is 5.88 Å². The van der Waals surface area contributed by atoms with Gasteiger partial charge in [-0.25, -0.2) is 9.97 Å². The second-order valence-corrected chi connectivity index (χ2v) is 4.61. The van der Waals surface area contributed by atoms with Gasteiger partial charge in [-0.3, -0.25) is 0 Å². The largest absolute Gasteiger partial charge is 0.478 e. The second-order valence-electron chi connectivity index (χ2n) is 4.61. The smallest absolute Gasteiger partial charge is 0.218 e. The average Bonchev–Trinajstić information content (AvgIpc) is 2.52. The Hall–Kier alpha value is -2.10. The number of nitrogens with one attached hydrogen (secondary N) is 1. The summed E-state index contributed by atoms with van der Waals surface area (Å²) < 4.78 is 5.49. The van der Waals surface area contributed by atoms with Crippen LogP contribution in [0.4, 0.5) is 5.82 Å². The van der Waals surface area contributed by atoms with Gasteiger partial charge in [0.2, 0.25) is 5.88 Å². The van der Waals surface area contributed by atoms with Crippen molar-refractivity contribution < 1.29 is 4.74 Å². The van der Waals surface area contributed by atoms with Crippen LogP contribution in [0.1, 0.15) is 31.4 Å². The van der Waals surface area contributed by atoms with Crippen molar-refractivity contribution in [2.24, 2.45) is 0 Å². The van der Waals surface area contributed by atoms with Crippen LogP contribution in [0, 0.1) is 0 Å². The summed E-state index contributed by atoms with van der Waals surface area (Å²) in [6.45, 7) is 5.65. The van der Waals surface area contributed by atoms with Crippen LogP contribution in [0.15, 0.2) is 36.7 Å². The molecule has 0 aliphatic carbocycles. The fraction of sp³-hybridized carbons (Fsp3) is 0.375. The molecule has 0 bridgehead atoms. The minimum absolute atomic E-state index is 0.616. The zero-order valence-electron chi connectivity index (χ0n) is 12.1. The summed E-state index contributed by atoms with van der Waals surface area (Å²) in [6.07, 6.45) is 3.56. The van der Waals surface area contributed by atoms with Crippen LogP contribution in [0.2, 0.25) is 0 Å². The van der Waals surface area contributed by atoms with Gasteiger partial charge in [0.05, 0.1) is 6.61 Å². The number of hydrogen-bond donors (Lipinski definition) is 1. The maximum atomic E-state index is 5.49. The standard InChI is InChI=1S/C16H21N3O/c1-3-9-20-16-10-15(18-12-19-16)17-11-14-7-5-13(4-2)6-8-14/h5-8,10,12H,3-4,9,11H2,1-2H3,(H,17,18,19). The van der Waals surface area contributed by atoms with Crippen molar-refractivity contribution in [3.05, 3.63) is 47.8 Å². The van der Waals surface area contributed by atoms with Crippen LogP contribution in [0.25, 0.3) is 0 Å². The number of ether oxygens (including phenoxy) is 1. The molecule has 1 N–H and O–H groups in total. The maximum Gasteiger partial charge on any atom is 0.218 e. The Morgan fingerprint density at radius 1 is 1.05 bits per heavy atom. The first kappa shape index (κ1) is 14.3. The van der Waals surface area contributed by atoms with Gasteiger partial charge < -0.3 is 10.1 Å². The highest BCUT2D eigenvalue weighted by atomic mass is 16.5. The normalized spacial score (nSPS) is 10.3. The van der Waals surface area contributed by atoms with Crippen LogP contribution >= 0.6 is 0 Å². The molecule has 4 heteroatoms. The third-order valence-corrected chi connectivity index (χ3v) is 3.00. The van der Waals surface area contributed by atoms with Crippen molar-refractivity contribution in [2.75, 3.05) is 11.9 Å². The van der Waals surface area contributed by atoms with Gasteiger partial charge in [0, 0.05) is 12.6 Å². The molecule has 1 heterocycles. The highest BCUT2D eigenvalue weighted by molar-refractivity contribution is 5.38. The molecule has 1 aromatic carbocycles. The lowest BCUT2D eigenvalue weighted by molar-refractivity contribution is 0.305. The maximum absolute atomic E-state index is 5.49. The Morgan fingerprint density at radius 2 is 1.80 bits per heavy atom. The van der Waals surface area contributed by atoms with E-state index in [2.05, 4.69) is 53.4 Å². The Labute approximate surface area is 120 Å². The summed E-state index contributed by atoms with van der Waals surface area (Å²) in [5.74, 6) is 1.40. The molecule has 0 spiro atoms. The third kappa shape index (κ3) is 4.23. The average molecular weight is 271 g/mol. The number of aryl methyl sites for hydroxylation is 1. The molecule has 0 aliphatic heterocycles. The second kappa shape index (κ2) is 7.48. The Kier molecular flexibility index (Phi) is 5.35. The third-order valence-electron chi connectivity index (χ3n) is 3.00. The first-order chi connectivity index (χ1) is 9.81. The summed E-state index contributed by atoms with van der Waals surface area (Å²) >= 11 is 0. The number of rotatable bonds is 7. The molecule has 0 aliphatic rings. The summed E-state index contributed by atoms with van der Waals surface area (Å²) in [5, 5.41) is 3.28. The van der Waals surface area contributed by atoms with Gasteiger partial charge in [-0.05, 0) is 24.0 Å². The van der Waals surface area contributed by atoms with E-state index in [0.29, 0.717) is 12.5 Å². The van der Waals surface area contributed by atoms with Gasteiger partial charge in [0.15, 0.2) is 0 Å². The van der Waals surface area contributed by atoms with E-state index in [1.165, 1.54) is 17.5 Å². The van der Waals surface area contributed by atoms with Crippen LogP contribution in [-0.2, 0) is 13.0 Å². The number of hydrogen-bond acceptors (Lipinski definition) is 4. The predicted octanol–water partition coefficient (Wildman–Crippen LogP) is 3.44. The van der Waals surface area contributed by atoms with Crippen LogP contribution in [0.3, 0.4) is 0 Å². The molecule has 1 aromatic heterocycles. The molecule has 0 atom stereocenters. The number of anilines is 1. The topological polar surface area (TPSA) is 47.0 Å². The van der Waals surface area contributed by atoms with E-state index in [9.17, 15) is 0 Å². The summed E-state index contributed by atoms with van der Waals surface area (Å²) in [4.78, 5) is 8.28. The molecule has 0 amide bonds. The molecule has 0 saturated carbocycles. The first-order valence-electron chi connectivity index (χ1n) is 7.08. The van der Waals surface area contributed by atoms with Gasteiger partial charge in [0.25, 0.3) is 0 Å². The predicted molar refractivity (Wildman–Crippen MR) is 81.0 cm³/mol. The Bertz CT molecular complexity index is 526. The van der Waals surface area contributed by atoms with Gasteiger partial charge in [-0.1, -0.05) is 38.1 Å². The van der Waals surface area contributed by atoms with Gasteiger partial charge in [0.1, 0.15) is 12.1 Å². The van der Waals surface area contributed by atoms with E-state index in [1.54, 1.807) is 0 Å². The molecule has 0 fully saturated rings. The monoisotopic (exact) mass is 271 g/mol. The lowest BCUT2D eigenvalue weighted by Gasteiger charge is -2.08. The van der Waals surface area contributed by atoms with Crippen molar-refractivity contribution in [3.63, 3.8) is 0 Å². The summed E-state index contributed by atoms with van der Waals surface area (Å²) in [5.41, 5.74) is 2.59. The zero-order valence-corrected chi connectivity index (χ0v) is 12.1. The highest BCUT2D eigenvalue weighted by Gasteiger charge is 2.00. The molecule has 2 aromatic rings. The first-order valence-corrected chi connectivity index (χ1v) is 7.08. The quantitative estimate of drug-likeness (QED) is 0.838. The zero-order chi connectivity index (χ0) is 14.2. The van der Waals surface area contributed by atoms with Gasteiger partial charge in [-0.2, -0.15) is 0 Å². The Balaban J connectivity index is 1.92. The number of benzene rings is 1. The molecule has 0 saturated heterocycles. The summed E-state index contributed by atoms with van der Waals surface area (Å²) in [7, 11) is 0. The van der Waals surface area contributed by atoms with Crippen molar-refractivity contribution >= 4 is 5.82 Å². The van der Waals surface area contributed by atoms with E-state index in [-0.39, 0.29) is 0 Å². The SMILES string of the molecule is CCCOc1cc(NCc2ccc(CC)cc2)ncn1. The lowest BCUT2D eigenvalue weighted by atomic mass is 10.1. The lowest BCUT2D eigenvalue weighted by Crippen LogP contribution is -2.03. The van der Waals surface area contributed by atoms with Crippen LogP contribution < -0.4 is 10.1 Å². The Morgan fingerprint density at radius 3 is 2.50 bits per heavy atom. The van der Waals surface area contributed by atoms with Crippen molar-refractivity contribution in [3.8, 4) is 5.88 Å². The van der Waals surface area contributed by atoms with E-state index in [1.807, 2.05) is 6.07 Å². The van der Waals surface area contributed by atoms with Crippen molar-refractivity contribution in [1.29, 1.82) is 0 Å². The van der Waals surface area contributed by atoms with E-state index >= 15 is 0 Å².